The molecule has 0 unspecified atom stereocenters. The van der Waals surface area contributed by atoms with Gasteiger partial charge in [0, 0.05) is 5.57 Å². The molecule has 2 rings (SSSR count). The fraction of sp³-hybridized carbons (Fsp3) is 0.211. The summed E-state index contributed by atoms with van der Waals surface area (Å²) in [5, 5.41) is 0. The van der Waals surface area contributed by atoms with E-state index < -0.39 is 35.6 Å². The van der Waals surface area contributed by atoms with E-state index in [2.05, 4.69) is 6.58 Å². The highest BCUT2D eigenvalue weighted by atomic mass is 19.4. The molecule has 144 valence electrons. The number of benzene rings is 2. The molecular weight excluding hydrogens is 374 g/mol. The second-order valence-corrected chi connectivity index (χ2v) is 5.81. The highest BCUT2D eigenvalue weighted by Gasteiger charge is 2.33. The van der Waals surface area contributed by atoms with Gasteiger partial charge in [-0.05, 0) is 42.3 Å². The Balaban J connectivity index is 2.56. The van der Waals surface area contributed by atoms with Crippen LogP contribution in [0.25, 0.3) is 0 Å². The van der Waals surface area contributed by atoms with Crippen molar-refractivity contribution in [3.05, 3.63) is 82.9 Å². The Morgan fingerprint density at radius 1 is 0.889 bits per heavy atom. The molecule has 8 heteroatoms. The number of ether oxygens (including phenoxy) is 1. The number of esters is 1. The number of hydrogen-bond acceptors (Lipinski definition) is 2. The van der Waals surface area contributed by atoms with Gasteiger partial charge in [-0.3, -0.25) is 0 Å². The molecule has 2 aromatic carbocycles. The van der Waals surface area contributed by atoms with Crippen molar-refractivity contribution < 1.29 is 35.9 Å². The van der Waals surface area contributed by atoms with Crippen LogP contribution in [0.15, 0.2) is 60.7 Å². The summed E-state index contributed by atoms with van der Waals surface area (Å²) in [5.74, 6) is -0.935. The average Bonchev–Trinajstić information content (AvgIpc) is 2.58. The van der Waals surface area contributed by atoms with Gasteiger partial charge in [-0.2, -0.15) is 26.3 Å². The van der Waals surface area contributed by atoms with E-state index >= 15 is 0 Å². The SMILES string of the molecule is C=C(C)C(=O)OC(c1cccc(C(F)(F)F)c1)c1cccc(C(F)(F)F)c1. The minimum Gasteiger partial charge on any atom is -0.449 e. The standard InChI is InChI=1S/C19H14F6O2/c1-11(2)17(26)27-16(12-5-3-7-14(9-12)18(20,21)22)13-6-4-8-15(10-13)19(23,24)25/h3-10,16H,1H2,2H3. The molecule has 0 aliphatic heterocycles. The third-order valence-corrected chi connectivity index (χ3v) is 3.61. The van der Waals surface area contributed by atoms with Crippen LogP contribution >= 0.6 is 0 Å². The zero-order chi connectivity index (χ0) is 20.4. The summed E-state index contributed by atoms with van der Waals surface area (Å²) in [6.45, 7) is 4.69. The van der Waals surface area contributed by atoms with E-state index in [9.17, 15) is 31.1 Å². The number of carbonyl (C=O) groups excluding carboxylic acids is 1. The summed E-state index contributed by atoms with van der Waals surface area (Å²) in [5.41, 5.74) is -2.29. The predicted molar refractivity (Wildman–Crippen MR) is 85.6 cm³/mol. The Kier molecular flexibility index (Phi) is 5.67. The molecule has 0 aliphatic carbocycles. The quantitative estimate of drug-likeness (QED) is 0.369. The number of alkyl halides is 6. The third kappa shape index (κ3) is 5.12. The van der Waals surface area contributed by atoms with Gasteiger partial charge in [0.05, 0.1) is 11.1 Å². The molecule has 0 heterocycles. The molecule has 0 aromatic heterocycles. The predicted octanol–water partition coefficient (Wildman–Crippen LogP) is 5.93. The van der Waals surface area contributed by atoms with Crippen LogP contribution in [-0.4, -0.2) is 5.97 Å². The molecular formula is C19H14F6O2. The van der Waals surface area contributed by atoms with Crippen molar-refractivity contribution in [2.75, 3.05) is 0 Å². The van der Waals surface area contributed by atoms with Gasteiger partial charge >= 0.3 is 18.3 Å². The van der Waals surface area contributed by atoms with Gasteiger partial charge in [-0.1, -0.05) is 30.8 Å². The summed E-state index contributed by atoms with van der Waals surface area (Å²) < 4.78 is 83.0. The van der Waals surface area contributed by atoms with Crippen molar-refractivity contribution in [2.45, 2.75) is 25.4 Å². The topological polar surface area (TPSA) is 26.3 Å². The van der Waals surface area contributed by atoms with Gasteiger partial charge < -0.3 is 4.74 Å². The first kappa shape index (κ1) is 20.5. The summed E-state index contributed by atoms with van der Waals surface area (Å²) in [4.78, 5) is 11.9. The molecule has 0 spiro atoms. The van der Waals surface area contributed by atoms with Crippen molar-refractivity contribution in [3.63, 3.8) is 0 Å². The Morgan fingerprint density at radius 3 is 1.63 bits per heavy atom. The molecule has 0 saturated carbocycles. The lowest BCUT2D eigenvalue weighted by Crippen LogP contribution is -2.15. The summed E-state index contributed by atoms with van der Waals surface area (Å²) in [7, 11) is 0. The van der Waals surface area contributed by atoms with E-state index in [1.165, 1.54) is 19.1 Å². The normalized spacial score (nSPS) is 12.1. The lowest BCUT2D eigenvalue weighted by atomic mass is 9.97. The van der Waals surface area contributed by atoms with Crippen LogP contribution < -0.4 is 0 Å². The molecule has 27 heavy (non-hydrogen) atoms. The van der Waals surface area contributed by atoms with E-state index in [1.807, 2.05) is 0 Å². The lowest BCUT2D eigenvalue weighted by Gasteiger charge is -2.21. The minimum atomic E-state index is -4.66. The molecule has 0 bridgehead atoms. The first-order valence-electron chi connectivity index (χ1n) is 7.60. The summed E-state index contributed by atoms with van der Waals surface area (Å²) in [6, 6.07) is 7.76. The summed E-state index contributed by atoms with van der Waals surface area (Å²) in [6.07, 6.45) is -10.8. The van der Waals surface area contributed by atoms with Crippen LogP contribution in [0.3, 0.4) is 0 Å². The van der Waals surface area contributed by atoms with Crippen LogP contribution in [0.5, 0.6) is 0 Å². The Labute approximate surface area is 151 Å². The first-order valence-corrected chi connectivity index (χ1v) is 7.60. The van der Waals surface area contributed by atoms with E-state index in [0.29, 0.717) is 0 Å². The van der Waals surface area contributed by atoms with Crippen molar-refractivity contribution in [1.29, 1.82) is 0 Å². The third-order valence-electron chi connectivity index (χ3n) is 3.61. The lowest BCUT2D eigenvalue weighted by molar-refractivity contribution is -0.142. The van der Waals surface area contributed by atoms with E-state index in [1.54, 1.807) is 0 Å². The fourth-order valence-electron chi connectivity index (χ4n) is 2.29. The minimum absolute atomic E-state index is 0.0426. The molecule has 0 radical (unpaired) electrons. The summed E-state index contributed by atoms with van der Waals surface area (Å²) >= 11 is 0. The highest BCUT2D eigenvalue weighted by Crippen LogP contribution is 2.36. The highest BCUT2D eigenvalue weighted by molar-refractivity contribution is 5.87. The molecule has 0 fully saturated rings. The molecule has 0 aliphatic rings. The monoisotopic (exact) mass is 388 g/mol. The fourth-order valence-corrected chi connectivity index (χ4v) is 2.29. The Bertz CT molecular complexity index is 794. The Hall–Kier alpha value is -2.77. The van der Waals surface area contributed by atoms with Gasteiger partial charge in [0.15, 0.2) is 6.10 Å². The molecule has 0 atom stereocenters. The van der Waals surface area contributed by atoms with Crippen LogP contribution in [0.2, 0.25) is 0 Å². The van der Waals surface area contributed by atoms with Crippen LogP contribution in [-0.2, 0) is 21.9 Å². The van der Waals surface area contributed by atoms with E-state index in [4.69, 9.17) is 4.74 Å². The molecule has 2 aromatic rings. The second kappa shape index (κ2) is 7.46. The Morgan fingerprint density at radius 2 is 1.30 bits per heavy atom. The average molecular weight is 388 g/mol. The van der Waals surface area contributed by atoms with Gasteiger partial charge in [0.2, 0.25) is 0 Å². The smallest absolute Gasteiger partial charge is 0.416 e. The zero-order valence-corrected chi connectivity index (χ0v) is 14.0. The van der Waals surface area contributed by atoms with Crippen molar-refractivity contribution >= 4 is 5.97 Å². The van der Waals surface area contributed by atoms with Gasteiger partial charge in [-0.25, -0.2) is 4.79 Å². The van der Waals surface area contributed by atoms with E-state index in [0.717, 1.165) is 36.4 Å². The number of carbonyl (C=O) groups is 1. The first-order chi connectivity index (χ1) is 12.4. The van der Waals surface area contributed by atoms with Crippen LogP contribution in [0.4, 0.5) is 26.3 Å². The van der Waals surface area contributed by atoms with Gasteiger partial charge in [0.1, 0.15) is 0 Å². The van der Waals surface area contributed by atoms with Crippen molar-refractivity contribution in [1.82, 2.24) is 0 Å². The number of hydrogen-bond donors (Lipinski definition) is 0. The van der Waals surface area contributed by atoms with Crippen LogP contribution in [0, 0.1) is 0 Å². The molecule has 0 saturated heterocycles. The van der Waals surface area contributed by atoms with Crippen LogP contribution in [0.1, 0.15) is 35.3 Å². The molecule has 0 amide bonds. The molecule has 0 N–H and O–H groups in total. The maximum absolute atomic E-state index is 13.0. The van der Waals surface area contributed by atoms with E-state index in [-0.39, 0.29) is 16.7 Å². The maximum Gasteiger partial charge on any atom is 0.416 e. The largest absolute Gasteiger partial charge is 0.449 e. The van der Waals surface area contributed by atoms with Crippen molar-refractivity contribution in [3.8, 4) is 0 Å². The number of rotatable bonds is 4. The number of halogens is 6. The maximum atomic E-state index is 13.0. The molecule has 2 nitrogen and oxygen atoms in total. The second-order valence-electron chi connectivity index (χ2n) is 5.81. The van der Waals surface area contributed by atoms with Gasteiger partial charge in [0.25, 0.3) is 0 Å². The van der Waals surface area contributed by atoms with Gasteiger partial charge in [-0.15, -0.1) is 0 Å². The van der Waals surface area contributed by atoms with Crippen molar-refractivity contribution in [2.24, 2.45) is 0 Å². The zero-order valence-electron chi connectivity index (χ0n) is 14.0.